The molecule has 3 heteroatoms. The van der Waals surface area contributed by atoms with Gasteiger partial charge < -0.3 is 14.8 Å². The Hall–Kier alpha value is -1.22. The van der Waals surface area contributed by atoms with Crippen LogP contribution in [0.5, 0.6) is 11.5 Å². The van der Waals surface area contributed by atoms with Crippen LogP contribution in [-0.2, 0) is 12.8 Å². The van der Waals surface area contributed by atoms with Crippen molar-refractivity contribution < 1.29 is 9.47 Å². The van der Waals surface area contributed by atoms with Crippen molar-refractivity contribution in [2.24, 2.45) is 0 Å². The summed E-state index contributed by atoms with van der Waals surface area (Å²) in [5.41, 5.74) is 4.20. The second-order valence-corrected chi connectivity index (χ2v) is 4.81. The van der Waals surface area contributed by atoms with Crippen LogP contribution in [0.2, 0.25) is 0 Å². The fourth-order valence-electron chi connectivity index (χ4n) is 2.95. The maximum Gasteiger partial charge on any atom is 0.126 e. The molecule has 0 atom stereocenters. The molecule has 0 saturated carbocycles. The normalized spacial score (nSPS) is 22.0. The first-order valence-corrected chi connectivity index (χ1v) is 6.08. The van der Waals surface area contributed by atoms with Crippen LogP contribution in [0.3, 0.4) is 0 Å². The van der Waals surface area contributed by atoms with E-state index in [1.807, 2.05) is 0 Å². The quantitative estimate of drug-likeness (QED) is 0.767. The third-order valence-corrected chi connectivity index (χ3v) is 3.88. The molecule has 3 nitrogen and oxygen atoms in total. The van der Waals surface area contributed by atoms with Gasteiger partial charge in [0.25, 0.3) is 0 Å². The number of benzene rings is 1. The molecular formula is C13H15NO2. The lowest BCUT2D eigenvalue weighted by atomic mass is 9.86. The highest BCUT2D eigenvalue weighted by atomic mass is 16.5. The highest BCUT2D eigenvalue weighted by Crippen LogP contribution is 2.44. The van der Waals surface area contributed by atoms with E-state index >= 15 is 0 Å². The molecule has 3 heterocycles. The Morgan fingerprint density at radius 1 is 1.12 bits per heavy atom. The van der Waals surface area contributed by atoms with E-state index in [0.29, 0.717) is 5.92 Å². The Bertz CT molecular complexity index is 419. The van der Waals surface area contributed by atoms with Crippen molar-refractivity contribution in [2.45, 2.75) is 18.8 Å². The summed E-state index contributed by atoms with van der Waals surface area (Å²) < 4.78 is 11.5. The first-order chi connectivity index (χ1) is 7.93. The van der Waals surface area contributed by atoms with Crippen LogP contribution in [0.25, 0.3) is 0 Å². The van der Waals surface area contributed by atoms with Crippen molar-refractivity contribution in [3.63, 3.8) is 0 Å². The van der Waals surface area contributed by atoms with E-state index in [0.717, 1.165) is 44.9 Å². The molecule has 1 N–H and O–H groups in total. The maximum absolute atomic E-state index is 5.83. The van der Waals surface area contributed by atoms with Gasteiger partial charge in [0.15, 0.2) is 0 Å². The Kier molecular flexibility index (Phi) is 1.74. The Balaban J connectivity index is 1.93. The summed E-state index contributed by atoms with van der Waals surface area (Å²) in [5.74, 6) is 2.94. The number of fused-ring (bicyclic) bond motifs is 2. The average Bonchev–Trinajstić information content (AvgIpc) is 2.81. The largest absolute Gasteiger partial charge is 0.493 e. The standard InChI is InChI=1S/C13H15NO2/c1-3-16-13-8(1)5-11-10(2-4-15-11)12(13)9-6-14-7-9/h5,9,14H,1-4,6-7H2. The van der Waals surface area contributed by atoms with Gasteiger partial charge >= 0.3 is 0 Å². The smallest absolute Gasteiger partial charge is 0.126 e. The van der Waals surface area contributed by atoms with Crippen LogP contribution >= 0.6 is 0 Å². The van der Waals surface area contributed by atoms with E-state index in [1.54, 1.807) is 0 Å². The minimum atomic E-state index is 0.642. The molecule has 84 valence electrons. The lowest BCUT2D eigenvalue weighted by Gasteiger charge is -2.30. The predicted molar refractivity (Wildman–Crippen MR) is 60.5 cm³/mol. The van der Waals surface area contributed by atoms with Crippen molar-refractivity contribution in [1.29, 1.82) is 0 Å². The van der Waals surface area contributed by atoms with Gasteiger partial charge in [-0.05, 0) is 6.07 Å². The first-order valence-electron chi connectivity index (χ1n) is 6.08. The second-order valence-electron chi connectivity index (χ2n) is 4.81. The van der Waals surface area contributed by atoms with Crippen LogP contribution < -0.4 is 14.8 Å². The summed E-state index contributed by atoms with van der Waals surface area (Å²) in [6, 6.07) is 2.19. The van der Waals surface area contributed by atoms with E-state index in [9.17, 15) is 0 Å². The Morgan fingerprint density at radius 3 is 2.81 bits per heavy atom. The second kappa shape index (κ2) is 3.14. The number of hydrogen-bond donors (Lipinski definition) is 1. The van der Waals surface area contributed by atoms with E-state index in [1.165, 1.54) is 22.4 Å². The van der Waals surface area contributed by atoms with Crippen LogP contribution in [-0.4, -0.2) is 26.3 Å². The summed E-state index contributed by atoms with van der Waals surface area (Å²) in [5, 5.41) is 3.35. The number of nitrogens with one attached hydrogen (secondary N) is 1. The third kappa shape index (κ3) is 1.07. The van der Waals surface area contributed by atoms with E-state index < -0.39 is 0 Å². The molecule has 4 rings (SSSR count). The van der Waals surface area contributed by atoms with Gasteiger partial charge in [-0.1, -0.05) is 0 Å². The van der Waals surface area contributed by atoms with Crippen molar-refractivity contribution in [2.75, 3.05) is 26.3 Å². The lowest BCUT2D eigenvalue weighted by Crippen LogP contribution is -2.40. The molecule has 1 saturated heterocycles. The minimum Gasteiger partial charge on any atom is -0.493 e. The zero-order chi connectivity index (χ0) is 10.5. The van der Waals surface area contributed by atoms with Gasteiger partial charge in [0.1, 0.15) is 11.5 Å². The summed E-state index contributed by atoms with van der Waals surface area (Å²) in [4.78, 5) is 0. The molecule has 0 amide bonds. The lowest BCUT2D eigenvalue weighted by molar-refractivity contribution is 0.342. The fourth-order valence-corrected chi connectivity index (χ4v) is 2.95. The van der Waals surface area contributed by atoms with Crippen molar-refractivity contribution in [3.8, 4) is 11.5 Å². The molecule has 0 bridgehead atoms. The highest BCUT2D eigenvalue weighted by molar-refractivity contribution is 5.58. The molecular weight excluding hydrogens is 202 g/mol. The van der Waals surface area contributed by atoms with E-state index in [4.69, 9.17) is 9.47 Å². The molecule has 3 aliphatic heterocycles. The summed E-state index contributed by atoms with van der Waals surface area (Å²) in [6.07, 6.45) is 2.09. The zero-order valence-electron chi connectivity index (χ0n) is 9.21. The number of hydrogen-bond acceptors (Lipinski definition) is 3. The van der Waals surface area contributed by atoms with E-state index in [2.05, 4.69) is 11.4 Å². The fraction of sp³-hybridized carbons (Fsp3) is 0.538. The van der Waals surface area contributed by atoms with Gasteiger partial charge in [0, 0.05) is 48.5 Å². The first kappa shape index (κ1) is 8.88. The predicted octanol–water partition coefficient (Wildman–Crippen LogP) is 1.24. The summed E-state index contributed by atoms with van der Waals surface area (Å²) in [6.45, 7) is 3.86. The van der Waals surface area contributed by atoms with Crippen LogP contribution in [0.4, 0.5) is 0 Å². The van der Waals surface area contributed by atoms with Crippen LogP contribution in [0.15, 0.2) is 6.07 Å². The maximum atomic E-state index is 5.83. The van der Waals surface area contributed by atoms with E-state index in [-0.39, 0.29) is 0 Å². The highest BCUT2D eigenvalue weighted by Gasteiger charge is 2.32. The molecule has 1 aromatic carbocycles. The van der Waals surface area contributed by atoms with Crippen molar-refractivity contribution in [1.82, 2.24) is 5.32 Å². The van der Waals surface area contributed by atoms with Crippen molar-refractivity contribution in [3.05, 3.63) is 22.8 Å². The molecule has 0 spiro atoms. The van der Waals surface area contributed by atoms with Gasteiger partial charge in [-0.25, -0.2) is 0 Å². The monoisotopic (exact) mass is 217 g/mol. The molecule has 0 aromatic heterocycles. The minimum absolute atomic E-state index is 0.642. The van der Waals surface area contributed by atoms with Crippen LogP contribution in [0.1, 0.15) is 22.6 Å². The SMILES string of the molecule is c1c2c(c(C3CNC3)c3c1OCC3)OCC2. The Morgan fingerprint density at radius 2 is 2.00 bits per heavy atom. The molecule has 0 unspecified atom stereocenters. The molecule has 3 aliphatic rings. The number of ether oxygens (including phenoxy) is 2. The number of rotatable bonds is 1. The summed E-state index contributed by atoms with van der Waals surface area (Å²) >= 11 is 0. The molecule has 1 aromatic rings. The molecule has 0 aliphatic carbocycles. The summed E-state index contributed by atoms with van der Waals surface area (Å²) in [7, 11) is 0. The van der Waals surface area contributed by atoms with Crippen molar-refractivity contribution >= 4 is 0 Å². The van der Waals surface area contributed by atoms with Gasteiger partial charge in [-0.3, -0.25) is 0 Å². The average molecular weight is 217 g/mol. The van der Waals surface area contributed by atoms with Gasteiger partial charge in [-0.2, -0.15) is 0 Å². The zero-order valence-corrected chi connectivity index (χ0v) is 9.21. The van der Waals surface area contributed by atoms with Gasteiger partial charge in [0.05, 0.1) is 13.2 Å². The Labute approximate surface area is 94.7 Å². The molecule has 16 heavy (non-hydrogen) atoms. The molecule has 0 radical (unpaired) electrons. The third-order valence-electron chi connectivity index (χ3n) is 3.88. The van der Waals surface area contributed by atoms with Crippen LogP contribution in [0, 0.1) is 0 Å². The van der Waals surface area contributed by atoms with Gasteiger partial charge in [-0.15, -0.1) is 0 Å². The molecule has 1 fully saturated rings. The topological polar surface area (TPSA) is 30.5 Å². The van der Waals surface area contributed by atoms with Gasteiger partial charge in [0.2, 0.25) is 0 Å².